The van der Waals surface area contributed by atoms with Gasteiger partial charge in [-0.15, -0.1) is 0 Å². The molecular formula is C15H17N3O3. The van der Waals surface area contributed by atoms with Crippen LogP contribution in [-0.2, 0) is 16.1 Å². The van der Waals surface area contributed by atoms with Gasteiger partial charge in [0, 0.05) is 5.56 Å². The average Bonchev–Trinajstić information content (AvgIpc) is 2.77. The van der Waals surface area contributed by atoms with Crippen LogP contribution in [0.15, 0.2) is 23.2 Å². The van der Waals surface area contributed by atoms with E-state index in [0.717, 1.165) is 17.0 Å². The number of rotatable bonds is 3. The van der Waals surface area contributed by atoms with Gasteiger partial charge in [-0.3, -0.25) is 14.9 Å². The number of carbonyl (C=O) groups excluding carboxylic acids is 2. The van der Waals surface area contributed by atoms with E-state index in [-0.39, 0.29) is 24.3 Å². The summed E-state index contributed by atoms with van der Waals surface area (Å²) in [6.45, 7) is 4.44. The molecular weight excluding hydrogens is 270 g/mol. The molecule has 1 atom stereocenters. The highest BCUT2D eigenvalue weighted by Crippen LogP contribution is 2.34. The van der Waals surface area contributed by atoms with Crippen LogP contribution in [0, 0.1) is 0 Å². The number of amides is 2. The molecule has 0 saturated carbocycles. The van der Waals surface area contributed by atoms with Crippen LogP contribution in [0.5, 0.6) is 5.75 Å². The van der Waals surface area contributed by atoms with Gasteiger partial charge in [0.2, 0.25) is 11.8 Å². The standard InChI is InChI=1S/C15H17N3O3/c1-9(2)21-13-5-3-4-11-10(13)7-18(8-16-11)12-6-14(19)17-15(12)20/h3-5,8-9,12H,6-7H2,1-2H3,(H,17,19,20). The van der Waals surface area contributed by atoms with E-state index >= 15 is 0 Å². The topological polar surface area (TPSA) is 71.0 Å². The van der Waals surface area contributed by atoms with Gasteiger partial charge in [0.15, 0.2) is 0 Å². The minimum absolute atomic E-state index is 0.0622. The molecule has 0 aliphatic carbocycles. The Bertz CT molecular complexity index is 625. The lowest BCUT2D eigenvalue weighted by Gasteiger charge is -2.29. The lowest BCUT2D eigenvalue weighted by Crippen LogP contribution is -2.40. The van der Waals surface area contributed by atoms with Gasteiger partial charge in [-0.2, -0.15) is 0 Å². The van der Waals surface area contributed by atoms with Crippen molar-refractivity contribution in [2.75, 3.05) is 0 Å². The Morgan fingerprint density at radius 2 is 2.19 bits per heavy atom. The lowest BCUT2D eigenvalue weighted by atomic mass is 10.1. The molecule has 6 nitrogen and oxygen atoms in total. The molecule has 0 radical (unpaired) electrons. The maximum absolute atomic E-state index is 11.8. The number of nitrogens with one attached hydrogen (secondary N) is 1. The molecule has 1 aromatic rings. The molecule has 1 unspecified atom stereocenters. The summed E-state index contributed by atoms with van der Waals surface area (Å²) in [6.07, 6.45) is 1.87. The fraction of sp³-hybridized carbons (Fsp3) is 0.400. The summed E-state index contributed by atoms with van der Waals surface area (Å²) in [6, 6.07) is 5.23. The van der Waals surface area contributed by atoms with Crippen molar-refractivity contribution >= 4 is 23.8 Å². The molecule has 1 fully saturated rings. The second-order valence-corrected chi connectivity index (χ2v) is 5.47. The molecule has 21 heavy (non-hydrogen) atoms. The molecule has 1 saturated heterocycles. The minimum Gasteiger partial charge on any atom is -0.491 e. The van der Waals surface area contributed by atoms with Gasteiger partial charge < -0.3 is 9.64 Å². The number of carbonyl (C=O) groups is 2. The number of aliphatic imine (C=N–C) groups is 1. The first-order chi connectivity index (χ1) is 10.0. The largest absolute Gasteiger partial charge is 0.491 e. The predicted molar refractivity (Wildman–Crippen MR) is 77.5 cm³/mol. The summed E-state index contributed by atoms with van der Waals surface area (Å²) in [5.41, 5.74) is 1.79. The SMILES string of the molecule is CC(C)Oc1cccc2c1CN(C1CC(=O)NC1=O)C=N2. The van der Waals surface area contributed by atoms with Crippen LogP contribution in [0.4, 0.5) is 5.69 Å². The summed E-state index contributed by atoms with van der Waals surface area (Å²) >= 11 is 0. The fourth-order valence-electron chi connectivity index (χ4n) is 2.56. The molecule has 3 rings (SSSR count). The zero-order chi connectivity index (χ0) is 15.0. The third kappa shape index (κ3) is 2.61. The maximum atomic E-state index is 11.8. The van der Waals surface area contributed by atoms with Gasteiger partial charge in [0.25, 0.3) is 0 Å². The van der Waals surface area contributed by atoms with Gasteiger partial charge in [-0.25, -0.2) is 4.99 Å². The van der Waals surface area contributed by atoms with Crippen molar-refractivity contribution in [2.24, 2.45) is 4.99 Å². The quantitative estimate of drug-likeness (QED) is 0.852. The molecule has 2 aliphatic rings. The zero-order valence-corrected chi connectivity index (χ0v) is 12.0. The van der Waals surface area contributed by atoms with E-state index in [1.807, 2.05) is 32.0 Å². The van der Waals surface area contributed by atoms with Gasteiger partial charge in [-0.05, 0) is 26.0 Å². The first-order valence-corrected chi connectivity index (χ1v) is 6.97. The van der Waals surface area contributed by atoms with Crippen molar-refractivity contribution in [3.8, 4) is 5.75 Å². The Labute approximate surface area is 122 Å². The van der Waals surface area contributed by atoms with E-state index in [1.54, 1.807) is 11.2 Å². The molecule has 0 spiro atoms. The Morgan fingerprint density at radius 3 is 2.86 bits per heavy atom. The molecule has 2 heterocycles. The monoisotopic (exact) mass is 287 g/mol. The van der Waals surface area contributed by atoms with E-state index in [1.165, 1.54) is 0 Å². The fourth-order valence-corrected chi connectivity index (χ4v) is 2.56. The first kappa shape index (κ1) is 13.6. The molecule has 110 valence electrons. The van der Waals surface area contributed by atoms with Gasteiger partial charge in [-0.1, -0.05) is 6.07 Å². The first-order valence-electron chi connectivity index (χ1n) is 6.97. The Kier molecular flexibility index (Phi) is 3.37. The van der Waals surface area contributed by atoms with Crippen LogP contribution < -0.4 is 10.1 Å². The zero-order valence-electron chi connectivity index (χ0n) is 12.0. The van der Waals surface area contributed by atoms with Crippen LogP contribution in [0.1, 0.15) is 25.8 Å². The van der Waals surface area contributed by atoms with Gasteiger partial charge in [0.1, 0.15) is 11.8 Å². The smallest absolute Gasteiger partial charge is 0.249 e. The number of fused-ring (bicyclic) bond motifs is 1. The second-order valence-electron chi connectivity index (χ2n) is 5.47. The second kappa shape index (κ2) is 5.20. The van der Waals surface area contributed by atoms with E-state index in [4.69, 9.17) is 4.74 Å². The van der Waals surface area contributed by atoms with Crippen molar-refractivity contribution in [2.45, 2.75) is 39.0 Å². The number of hydrogen-bond donors (Lipinski definition) is 1. The highest BCUT2D eigenvalue weighted by Gasteiger charge is 2.36. The normalized spacial score (nSPS) is 20.7. The maximum Gasteiger partial charge on any atom is 0.249 e. The van der Waals surface area contributed by atoms with E-state index < -0.39 is 6.04 Å². The van der Waals surface area contributed by atoms with Gasteiger partial charge >= 0.3 is 0 Å². The highest BCUT2D eigenvalue weighted by molar-refractivity contribution is 6.06. The van der Waals surface area contributed by atoms with Gasteiger partial charge in [0.05, 0.1) is 31.1 Å². The highest BCUT2D eigenvalue weighted by atomic mass is 16.5. The van der Waals surface area contributed by atoms with E-state index in [9.17, 15) is 9.59 Å². The Balaban J connectivity index is 1.87. The molecule has 0 bridgehead atoms. The third-order valence-corrected chi connectivity index (χ3v) is 3.50. The number of imide groups is 1. The summed E-state index contributed by atoms with van der Waals surface area (Å²) < 4.78 is 5.80. The number of benzene rings is 1. The van der Waals surface area contributed by atoms with E-state index in [0.29, 0.717) is 6.54 Å². The predicted octanol–water partition coefficient (Wildman–Crippen LogP) is 1.36. The number of hydrogen-bond acceptors (Lipinski definition) is 5. The summed E-state index contributed by atoms with van der Waals surface area (Å²) in [5, 5.41) is 2.32. The molecule has 1 N–H and O–H groups in total. The molecule has 2 amide bonds. The minimum atomic E-state index is -0.485. The van der Waals surface area contributed by atoms with Crippen LogP contribution in [0.2, 0.25) is 0 Å². The van der Waals surface area contributed by atoms with Crippen LogP contribution in [-0.4, -0.2) is 35.2 Å². The van der Waals surface area contributed by atoms with Crippen molar-refractivity contribution in [3.05, 3.63) is 23.8 Å². The van der Waals surface area contributed by atoms with Crippen molar-refractivity contribution in [1.82, 2.24) is 10.2 Å². The number of nitrogens with zero attached hydrogens (tertiary/aromatic N) is 2. The number of ether oxygens (including phenoxy) is 1. The molecule has 2 aliphatic heterocycles. The lowest BCUT2D eigenvalue weighted by molar-refractivity contribution is -0.125. The third-order valence-electron chi connectivity index (χ3n) is 3.50. The summed E-state index contributed by atoms with van der Waals surface area (Å²) in [5.74, 6) is 0.266. The van der Waals surface area contributed by atoms with Crippen LogP contribution in [0.25, 0.3) is 0 Å². The van der Waals surface area contributed by atoms with Crippen LogP contribution >= 0.6 is 0 Å². The van der Waals surface area contributed by atoms with Crippen molar-refractivity contribution < 1.29 is 14.3 Å². The molecule has 6 heteroatoms. The van der Waals surface area contributed by atoms with Crippen molar-refractivity contribution in [3.63, 3.8) is 0 Å². The summed E-state index contributed by atoms with van der Waals surface area (Å²) in [7, 11) is 0. The average molecular weight is 287 g/mol. The molecule has 0 aromatic heterocycles. The Hall–Kier alpha value is -2.37. The Morgan fingerprint density at radius 1 is 1.38 bits per heavy atom. The molecule has 1 aromatic carbocycles. The summed E-state index contributed by atoms with van der Waals surface area (Å²) in [4.78, 5) is 29.3. The van der Waals surface area contributed by atoms with E-state index in [2.05, 4.69) is 10.3 Å². The van der Waals surface area contributed by atoms with Crippen LogP contribution in [0.3, 0.4) is 0 Å². The van der Waals surface area contributed by atoms with Crippen molar-refractivity contribution in [1.29, 1.82) is 0 Å².